The van der Waals surface area contributed by atoms with E-state index < -0.39 is 10.0 Å². The van der Waals surface area contributed by atoms with Gasteiger partial charge in [-0.2, -0.15) is 0 Å². The van der Waals surface area contributed by atoms with E-state index in [2.05, 4.69) is 27.9 Å². The number of fused-ring (bicyclic) bond motifs is 5. The normalized spacial score (nSPS) is 12.6. The van der Waals surface area contributed by atoms with Gasteiger partial charge in [0.25, 0.3) is 0 Å². The van der Waals surface area contributed by atoms with Crippen LogP contribution < -0.4 is 10.9 Å². The summed E-state index contributed by atoms with van der Waals surface area (Å²) in [7, 11) is -3.39. The molecule has 4 rings (SSSR count). The highest BCUT2D eigenvalue weighted by Crippen LogP contribution is 2.35. The van der Waals surface area contributed by atoms with Gasteiger partial charge in [0.15, 0.2) is 0 Å². The number of carbonyl (C=O) groups is 1. The number of amides is 1. The van der Waals surface area contributed by atoms with E-state index in [0.29, 0.717) is 17.7 Å². The Morgan fingerprint density at radius 3 is 2.24 bits per heavy atom. The Labute approximate surface area is 170 Å². The zero-order valence-corrected chi connectivity index (χ0v) is 17.1. The van der Waals surface area contributed by atoms with Crippen molar-refractivity contribution < 1.29 is 13.2 Å². The van der Waals surface area contributed by atoms with Gasteiger partial charge in [0, 0.05) is 34.0 Å². The average molecular weight is 410 g/mol. The van der Waals surface area contributed by atoms with Gasteiger partial charge in [-0.3, -0.25) is 4.79 Å². The van der Waals surface area contributed by atoms with Crippen LogP contribution in [0.15, 0.2) is 71.7 Å². The van der Waals surface area contributed by atoms with Crippen molar-refractivity contribution in [3.63, 3.8) is 0 Å². The molecule has 0 atom stereocenters. The smallest absolute Gasteiger partial charge is 0.249 e. The standard InChI is InChI=1S/C18H14N2O.C4H9NO2S/c19-18(21)15-9-10-20-16-8-4-1-5-12(16)11-17(20)14-7-3-2-6-13(14)15;1-4(2)3-8(5,6)7/h1-9,11H,10H2,(H2,19,21);3H,1-2H3,(H2,5,6,7). The van der Waals surface area contributed by atoms with Crippen LogP contribution >= 0.6 is 0 Å². The minimum absolute atomic E-state index is 0.377. The number of para-hydroxylation sites is 1. The molecule has 7 heteroatoms. The van der Waals surface area contributed by atoms with Crippen molar-refractivity contribution in [1.82, 2.24) is 4.57 Å². The van der Waals surface area contributed by atoms with E-state index in [1.54, 1.807) is 13.8 Å². The minimum atomic E-state index is -3.39. The van der Waals surface area contributed by atoms with Crippen LogP contribution in [0.25, 0.3) is 27.7 Å². The highest BCUT2D eigenvalue weighted by atomic mass is 32.2. The van der Waals surface area contributed by atoms with Gasteiger partial charge in [-0.25, -0.2) is 13.6 Å². The first-order valence-corrected chi connectivity index (χ1v) is 10.6. The van der Waals surface area contributed by atoms with Gasteiger partial charge < -0.3 is 10.3 Å². The maximum Gasteiger partial charge on any atom is 0.249 e. The van der Waals surface area contributed by atoms with Crippen molar-refractivity contribution in [2.45, 2.75) is 20.4 Å². The van der Waals surface area contributed by atoms with Crippen molar-refractivity contribution in [3.05, 3.63) is 77.2 Å². The highest BCUT2D eigenvalue weighted by molar-refractivity contribution is 7.92. The van der Waals surface area contributed by atoms with Crippen LogP contribution in [0, 0.1) is 0 Å². The third-order valence-electron chi connectivity index (χ3n) is 4.45. The van der Waals surface area contributed by atoms with Crippen molar-refractivity contribution >= 4 is 32.4 Å². The second-order valence-corrected chi connectivity index (χ2v) is 8.42. The lowest BCUT2D eigenvalue weighted by molar-refractivity contribution is -0.112. The SMILES string of the molecule is CC(C)=CS(N)(=O)=O.NC(=O)C1=CCn2c(cc3ccccc32)-c2ccccc21. The molecule has 2 aromatic carbocycles. The Morgan fingerprint density at radius 1 is 1.03 bits per heavy atom. The van der Waals surface area contributed by atoms with E-state index in [4.69, 9.17) is 5.73 Å². The van der Waals surface area contributed by atoms with Crippen LogP contribution in [0.1, 0.15) is 19.4 Å². The minimum Gasteiger partial charge on any atom is -0.366 e. The van der Waals surface area contributed by atoms with E-state index in [-0.39, 0.29) is 5.91 Å². The van der Waals surface area contributed by atoms with Crippen LogP contribution in [0.2, 0.25) is 0 Å². The van der Waals surface area contributed by atoms with E-state index in [1.807, 2.05) is 42.5 Å². The Morgan fingerprint density at radius 2 is 1.66 bits per heavy atom. The second-order valence-electron chi connectivity index (χ2n) is 7.01. The fourth-order valence-corrected chi connectivity index (χ4v) is 4.08. The largest absolute Gasteiger partial charge is 0.366 e. The zero-order valence-electron chi connectivity index (χ0n) is 16.3. The monoisotopic (exact) mass is 409 g/mol. The third-order valence-corrected chi connectivity index (χ3v) is 5.25. The maximum absolute atomic E-state index is 11.8. The van der Waals surface area contributed by atoms with Gasteiger partial charge in [-0.15, -0.1) is 0 Å². The highest BCUT2D eigenvalue weighted by Gasteiger charge is 2.20. The number of hydrogen-bond donors (Lipinski definition) is 2. The number of sulfonamides is 1. The Bertz CT molecular complexity index is 1250. The molecular formula is C22H23N3O3S. The van der Waals surface area contributed by atoms with Gasteiger partial charge in [-0.1, -0.05) is 54.1 Å². The molecule has 6 nitrogen and oxygen atoms in total. The van der Waals surface area contributed by atoms with Crippen LogP contribution in [0.4, 0.5) is 0 Å². The van der Waals surface area contributed by atoms with E-state index in [9.17, 15) is 13.2 Å². The van der Waals surface area contributed by atoms with Crippen molar-refractivity contribution in [3.8, 4) is 11.3 Å². The van der Waals surface area contributed by atoms with E-state index in [1.165, 1.54) is 10.9 Å². The van der Waals surface area contributed by atoms with Crippen molar-refractivity contribution in [1.29, 1.82) is 0 Å². The van der Waals surface area contributed by atoms with E-state index >= 15 is 0 Å². The van der Waals surface area contributed by atoms with Crippen LogP contribution in [0.5, 0.6) is 0 Å². The molecule has 0 spiro atoms. The van der Waals surface area contributed by atoms with E-state index in [0.717, 1.165) is 22.2 Å². The predicted octanol–water partition coefficient (Wildman–Crippen LogP) is 3.39. The Hall–Kier alpha value is -3.16. The summed E-state index contributed by atoms with van der Waals surface area (Å²) in [6.07, 6.45) is 1.92. The summed E-state index contributed by atoms with van der Waals surface area (Å²) in [6.45, 7) is 3.99. The molecule has 29 heavy (non-hydrogen) atoms. The summed E-state index contributed by atoms with van der Waals surface area (Å²) in [4.78, 5) is 11.8. The summed E-state index contributed by atoms with van der Waals surface area (Å²) in [5.74, 6) is -0.377. The molecular weight excluding hydrogens is 386 g/mol. The molecule has 4 N–H and O–H groups in total. The molecule has 0 aliphatic carbocycles. The lowest BCUT2D eigenvalue weighted by Gasteiger charge is -2.09. The second kappa shape index (κ2) is 8.06. The number of nitrogens with zero attached hydrogens (tertiary/aromatic N) is 1. The molecule has 3 aromatic rings. The molecule has 1 aromatic heterocycles. The number of allylic oxidation sites excluding steroid dienone is 2. The molecule has 1 amide bonds. The molecule has 0 fully saturated rings. The van der Waals surface area contributed by atoms with Crippen molar-refractivity contribution in [2.75, 3.05) is 0 Å². The quantitative estimate of drug-likeness (QED) is 0.677. The molecule has 0 saturated heterocycles. The number of nitrogens with two attached hydrogens (primary N) is 2. The Balaban J connectivity index is 0.000000258. The number of aromatic nitrogens is 1. The maximum atomic E-state index is 11.8. The number of carbonyl (C=O) groups excluding carboxylic acids is 1. The summed E-state index contributed by atoms with van der Waals surface area (Å²) in [5.41, 5.74) is 11.1. The average Bonchev–Trinajstić information content (AvgIpc) is 2.91. The molecule has 2 heterocycles. The number of primary sulfonamides is 1. The predicted molar refractivity (Wildman–Crippen MR) is 117 cm³/mol. The van der Waals surface area contributed by atoms with Gasteiger partial charge >= 0.3 is 0 Å². The lowest BCUT2D eigenvalue weighted by atomic mass is 9.97. The number of rotatable bonds is 2. The number of benzene rings is 2. The van der Waals surface area contributed by atoms with Crippen molar-refractivity contribution in [2.24, 2.45) is 10.9 Å². The molecule has 0 radical (unpaired) electrons. The van der Waals surface area contributed by atoms with Gasteiger partial charge in [0.05, 0.1) is 5.69 Å². The van der Waals surface area contributed by atoms with Gasteiger partial charge in [0.1, 0.15) is 0 Å². The fraction of sp³-hybridized carbons (Fsp3) is 0.136. The zero-order chi connectivity index (χ0) is 21.2. The number of hydrogen-bond acceptors (Lipinski definition) is 3. The summed E-state index contributed by atoms with van der Waals surface area (Å²) < 4.78 is 22.5. The van der Waals surface area contributed by atoms with Crippen LogP contribution in [0.3, 0.4) is 0 Å². The van der Waals surface area contributed by atoms with Gasteiger partial charge in [-0.05, 0) is 31.5 Å². The molecule has 1 aliphatic heterocycles. The molecule has 0 saturated carbocycles. The Kier molecular flexibility index (Phi) is 5.72. The molecule has 0 bridgehead atoms. The summed E-state index contributed by atoms with van der Waals surface area (Å²) >= 11 is 0. The summed E-state index contributed by atoms with van der Waals surface area (Å²) in [6, 6.07) is 18.4. The first-order valence-electron chi connectivity index (χ1n) is 9.03. The molecule has 0 unspecified atom stereocenters. The fourth-order valence-electron chi connectivity index (χ4n) is 3.43. The summed E-state index contributed by atoms with van der Waals surface area (Å²) in [5, 5.41) is 6.86. The van der Waals surface area contributed by atoms with Gasteiger partial charge in [0.2, 0.25) is 15.9 Å². The van der Waals surface area contributed by atoms with Crippen LogP contribution in [-0.2, 0) is 21.4 Å². The molecule has 1 aliphatic rings. The number of primary amides is 1. The first-order chi connectivity index (χ1) is 13.7. The third kappa shape index (κ3) is 4.64. The molecule has 150 valence electrons. The first kappa shape index (κ1) is 20.6. The van der Waals surface area contributed by atoms with Crippen LogP contribution in [-0.4, -0.2) is 18.9 Å². The topological polar surface area (TPSA) is 108 Å². The lowest BCUT2D eigenvalue weighted by Crippen LogP contribution is -2.13.